The van der Waals surface area contributed by atoms with E-state index in [9.17, 15) is 0 Å². The Hall–Kier alpha value is -2.47. The molecule has 0 aliphatic carbocycles. The van der Waals surface area contributed by atoms with Gasteiger partial charge >= 0.3 is 0 Å². The number of hydrogen-bond acceptors (Lipinski definition) is 3. The first-order chi connectivity index (χ1) is 8.26. The number of fused-ring (bicyclic) bond motifs is 2. The van der Waals surface area contributed by atoms with Gasteiger partial charge in [0.25, 0.3) is 0 Å². The van der Waals surface area contributed by atoms with Gasteiger partial charge in [0.05, 0.1) is 23.0 Å². The topological polar surface area (TPSA) is 45.0 Å². The van der Waals surface area contributed by atoms with E-state index in [0.29, 0.717) is 11.3 Å². The van der Waals surface area contributed by atoms with E-state index in [2.05, 4.69) is 11.4 Å². The number of aryl methyl sites for hydroxylation is 1. The van der Waals surface area contributed by atoms with Crippen molar-refractivity contribution in [2.24, 2.45) is 0 Å². The van der Waals surface area contributed by atoms with Gasteiger partial charge in [-0.2, -0.15) is 5.26 Å². The van der Waals surface area contributed by atoms with Gasteiger partial charge in [-0.1, -0.05) is 6.07 Å². The third-order valence-electron chi connectivity index (χ3n) is 2.74. The van der Waals surface area contributed by atoms with Gasteiger partial charge < -0.3 is 10.1 Å². The molecule has 3 nitrogen and oxygen atoms in total. The lowest BCUT2D eigenvalue weighted by molar-refractivity contribution is 0.480. The summed E-state index contributed by atoms with van der Waals surface area (Å²) in [4.78, 5) is 0. The first-order valence-electron chi connectivity index (χ1n) is 5.36. The summed E-state index contributed by atoms with van der Waals surface area (Å²) in [5, 5.41) is 12.1. The maximum atomic E-state index is 8.85. The predicted octanol–water partition coefficient (Wildman–Crippen LogP) is 3.72. The van der Waals surface area contributed by atoms with Gasteiger partial charge in [-0.25, -0.2) is 0 Å². The average molecular weight is 222 g/mol. The molecule has 3 heteroatoms. The molecular formula is C14H10N2O. The molecule has 0 saturated heterocycles. The van der Waals surface area contributed by atoms with Crippen LogP contribution in [-0.4, -0.2) is 0 Å². The molecule has 1 aliphatic rings. The van der Waals surface area contributed by atoms with Crippen LogP contribution in [0.15, 0.2) is 36.4 Å². The average Bonchev–Trinajstić information content (AvgIpc) is 2.35. The zero-order valence-electron chi connectivity index (χ0n) is 9.32. The normalized spacial score (nSPS) is 11.5. The number of hydrogen-bond donors (Lipinski definition) is 1. The number of benzene rings is 2. The molecule has 0 spiro atoms. The number of nitrogens with one attached hydrogen (secondary N) is 1. The summed E-state index contributed by atoms with van der Waals surface area (Å²) in [5.74, 6) is 1.50. The number of nitrogens with zero attached hydrogens (tertiary/aromatic N) is 1. The van der Waals surface area contributed by atoms with Crippen molar-refractivity contribution in [1.29, 1.82) is 5.26 Å². The minimum Gasteiger partial charge on any atom is -0.453 e. The van der Waals surface area contributed by atoms with Crippen molar-refractivity contribution in [3.05, 3.63) is 47.5 Å². The largest absolute Gasteiger partial charge is 0.453 e. The van der Waals surface area contributed by atoms with E-state index in [1.54, 1.807) is 12.1 Å². The van der Waals surface area contributed by atoms with Gasteiger partial charge in [-0.05, 0) is 36.8 Å². The Kier molecular flexibility index (Phi) is 2.02. The smallest absolute Gasteiger partial charge is 0.152 e. The molecule has 0 aromatic heterocycles. The Morgan fingerprint density at radius 2 is 1.76 bits per heavy atom. The third-order valence-corrected chi connectivity index (χ3v) is 2.74. The Morgan fingerprint density at radius 1 is 1.06 bits per heavy atom. The fourth-order valence-corrected chi connectivity index (χ4v) is 1.86. The highest BCUT2D eigenvalue weighted by atomic mass is 16.5. The molecule has 1 heterocycles. The Balaban J connectivity index is 2.08. The summed E-state index contributed by atoms with van der Waals surface area (Å²) in [6.45, 7) is 2.02. The number of ether oxygens (including phenoxy) is 1. The van der Waals surface area contributed by atoms with E-state index < -0.39 is 0 Å². The molecule has 0 amide bonds. The maximum Gasteiger partial charge on any atom is 0.152 e. The summed E-state index contributed by atoms with van der Waals surface area (Å²) in [6, 6.07) is 13.5. The van der Waals surface area contributed by atoms with E-state index >= 15 is 0 Å². The van der Waals surface area contributed by atoms with E-state index in [4.69, 9.17) is 10.00 Å². The fourth-order valence-electron chi connectivity index (χ4n) is 1.86. The molecule has 1 N–H and O–H groups in total. The van der Waals surface area contributed by atoms with Crippen LogP contribution in [-0.2, 0) is 0 Å². The van der Waals surface area contributed by atoms with Crippen LogP contribution < -0.4 is 10.1 Å². The zero-order valence-corrected chi connectivity index (χ0v) is 9.32. The van der Waals surface area contributed by atoms with Gasteiger partial charge in [-0.3, -0.25) is 0 Å². The molecule has 0 bridgehead atoms. The predicted molar refractivity (Wildman–Crippen MR) is 65.7 cm³/mol. The highest BCUT2D eigenvalue weighted by molar-refractivity contribution is 5.76. The lowest BCUT2D eigenvalue weighted by atomic mass is 10.1. The van der Waals surface area contributed by atoms with Gasteiger partial charge in [0.15, 0.2) is 11.5 Å². The highest BCUT2D eigenvalue weighted by Gasteiger charge is 2.16. The van der Waals surface area contributed by atoms with Gasteiger partial charge in [0.1, 0.15) is 0 Å². The molecule has 0 radical (unpaired) electrons. The maximum absolute atomic E-state index is 8.85. The molecule has 3 rings (SSSR count). The van der Waals surface area contributed by atoms with E-state index in [-0.39, 0.29) is 0 Å². The van der Waals surface area contributed by atoms with Crippen LogP contribution in [0.1, 0.15) is 11.1 Å². The molecule has 2 aromatic carbocycles. The molecule has 0 unspecified atom stereocenters. The van der Waals surface area contributed by atoms with Crippen molar-refractivity contribution in [3.63, 3.8) is 0 Å². The van der Waals surface area contributed by atoms with Crippen molar-refractivity contribution < 1.29 is 4.74 Å². The molecular weight excluding hydrogens is 212 g/mol. The van der Waals surface area contributed by atoms with Crippen molar-refractivity contribution in [2.75, 3.05) is 5.32 Å². The molecule has 0 fully saturated rings. The number of nitriles is 1. The first kappa shape index (κ1) is 9.73. The highest BCUT2D eigenvalue weighted by Crippen LogP contribution is 2.42. The standard InChI is InChI=1S/C14H10N2O/c1-9-2-4-11-13(6-9)17-14-7-10(8-15)3-5-12(14)16-11/h2-7,16H,1H3. The van der Waals surface area contributed by atoms with Crippen LogP contribution in [0.5, 0.6) is 11.5 Å². The van der Waals surface area contributed by atoms with Crippen LogP contribution in [0.25, 0.3) is 0 Å². The van der Waals surface area contributed by atoms with Crippen molar-refractivity contribution >= 4 is 11.4 Å². The Morgan fingerprint density at radius 3 is 2.53 bits per heavy atom. The van der Waals surface area contributed by atoms with Gasteiger partial charge in [0, 0.05) is 6.07 Å². The van der Waals surface area contributed by atoms with Crippen molar-refractivity contribution in [2.45, 2.75) is 6.92 Å². The molecule has 0 atom stereocenters. The monoisotopic (exact) mass is 222 g/mol. The lowest BCUT2D eigenvalue weighted by Gasteiger charge is -2.22. The lowest BCUT2D eigenvalue weighted by Crippen LogP contribution is -2.03. The summed E-state index contributed by atoms with van der Waals surface area (Å²) in [5.41, 5.74) is 3.58. The number of anilines is 2. The van der Waals surface area contributed by atoms with Crippen molar-refractivity contribution in [1.82, 2.24) is 0 Å². The molecule has 1 aliphatic heterocycles. The second-order valence-electron chi connectivity index (χ2n) is 4.05. The number of rotatable bonds is 0. The molecule has 2 aromatic rings. The molecule has 82 valence electrons. The SMILES string of the molecule is Cc1ccc2c(c1)Oc1cc(C#N)ccc1N2. The van der Waals surface area contributed by atoms with E-state index in [0.717, 1.165) is 22.7 Å². The Bertz CT molecular complexity index is 641. The van der Waals surface area contributed by atoms with Crippen LogP contribution in [0.4, 0.5) is 11.4 Å². The summed E-state index contributed by atoms with van der Waals surface area (Å²) in [7, 11) is 0. The van der Waals surface area contributed by atoms with Gasteiger partial charge in [0.2, 0.25) is 0 Å². The second kappa shape index (κ2) is 3.53. The van der Waals surface area contributed by atoms with Crippen LogP contribution >= 0.6 is 0 Å². The van der Waals surface area contributed by atoms with E-state index in [1.165, 1.54) is 0 Å². The fraction of sp³-hybridized carbons (Fsp3) is 0.0714. The summed E-state index contributed by atoms with van der Waals surface area (Å²) < 4.78 is 5.79. The van der Waals surface area contributed by atoms with Crippen molar-refractivity contribution in [3.8, 4) is 17.6 Å². The molecule has 17 heavy (non-hydrogen) atoms. The second-order valence-corrected chi connectivity index (χ2v) is 4.05. The minimum atomic E-state index is 0.599. The molecule has 0 saturated carbocycles. The summed E-state index contributed by atoms with van der Waals surface area (Å²) in [6.07, 6.45) is 0. The van der Waals surface area contributed by atoms with E-state index in [1.807, 2.05) is 31.2 Å². The van der Waals surface area contributed by atoms with Crippen LogP contribution in [0, 0.1) is 18.3 Å². The van der Waals surface area contributed by atoms with Gasteiger partial charge in [-0.15, -0.1) is 0 Å². The van der Waals surface area contributed by atoms with Crippen LogP contribution in [0.2, 0.25) is 0 Å². The quantitative estimate of drug-likeness (QED) is 0.630. The summed E-state index contributed by atoms with van der Waals surface area (Å²) >= 11 is 0. The zero-order chi connectivity index (χ0) is 11.8. The Labute approximate surface area is 99.3 Å². The third kappa shape index (κ3) is 1.60. The van der Waals surface area contributed by atoms with Crippen LogP contribution in [0.3, 0.4) is 0 Å². The first-order valence-corrected chi connectivity index (χ1v) is 5.36. The minimum absolute atomic E-state index is 0.599.